The number of rotatable bonds is 3. The Morgan fingerprint density at radius 2 is 1.93 bits per heavy atom. The normalized spacial score (nSPS) is 24.8. The van der Waals surface area contributed by atoms with Crippen molar-refractivity contribution in [3.05, 3.63) is 65.2 Å². The molecule has 5 nitrogen and oxygen atoms in total. The summed E-state index contributed by atoms with van der Waals surface area (Å²) >= 11 is 0. The van der Waals surface area contributed by atoms with Gasteiger partial charge in [0.2, 0.25) is 0 Å². The minimum absolute atomic E-state index is 0.0616. The van der Waals surface area contributed by atoms with Gasteiger partial charge in [-0.3, -0.25) is 4.79 Å². The monoisotopic (exact) mass is 365 g/mol. The fourth-order valence-electron chi connectivity index (χ4n) is 4.25. The van der Waals surface area contributed by atoms with Crippen molar-refractivity contribution in [2.24, 2.45) is 11.7 Å². The molecule has 2 aromatic carbocycles. The summed E-state index contributed by atoms with van der Waals surface area (Å²) in [6.07, 6.45) is 0.967. The summed E-state index contributed by atoms with van der Waals surface area (Å²) in [6, 6.07) is 16.4. The van der Waals surface area contributed by atoms with E-state index in [4.69, 9.17) is 10.5 Å². The van der Waals surface area contributed by atoms with E-state index in [1.807, 2.05) is 29.2 Å². The maximum atomic E-state index is 12.8. The topological polar surface area (TPSA) is 67.6 Å². The highest BCUT2D eigenvalue weighted by molar-refractivity contribution is 5.95. The lowest BCUT2D eigenvalue weighted by Crippen LogP contribution is -2.41. The molecule has 3 atom stereocenters. The molecule has 0 spiro atoms. The number of fused-ring (bicyclic) bond motifs is 1. The van der Waals surface area contributed by atoms with Gasteiger partial charge in [0.05, 0.1) is 19.3 Å². The van der Waals surface area contributed by atoms with Crippen LogP contribution in [0.5, 0.6) is 0 Å². The van der Waals surface area contributed by atoms with Gasteiger partial charge in [0.25, 0.3) is 5.91 Å². The summed E-state index contributed by atoms with van der Waals surface area (Å²) in [7, 11) is 0. The number of nitrogens with two attached hydrogens (primary N) is 1. The van der Waals surface area contributed by atoms with Crippen LogP contribution in [0.25, 0.3) is 0 Å². The number of anilines is 1. The predicted molar refractivity (Wildman–Crippen MR) is 107 cm³/mol. The van der Waals surface area contributed by atoms with E-state index in [1.54, 1.807) is 0 Å². The van der Waals surface area contributed by atoms with E-state index in [1.165, 1.54) is 5.56 Å². The Labute approximate surface area is 160 Å². The number of amides is 1. The SMILES string of the molecule is CCC1C(N)c2cc(C(=O)N3CCOCC3)ccc2NC1c1ccccc1. The van der Waals surface area contributed by atoms with Crippen LogP contribution in [0.15, 0.2) is 48.5 Å². The Hall–Kier alpha value is -2.37. The summed E-state index contributed by atoms with van der Waals surface area (Å²) in [6.45, 7) is 4.68. The Morgan fingerprint density at radius 1 is 1.19 bits per heavy atom. The number of carbonyl (C=O) groups excluding carboxylic acids is 1. The molecule has 27 heavy (non-hydrogen) atoms. The van der Waals surface area contributed by atoms with Gasteiger partial charge in [-0.1, -0.05) is 37.3 Å². The van der Waals surface area contributed by atoms with E-state index in [-0.39, 0.29) is 23.9 Å². The fourth-order valence-corrected chi connectivity index (χ4v) is 4.25. The number of carbonyl (C=O) groups is 1. The van der Waals surface area contributed by atoms with E-state index in [0.717, 1.165) is 17.7 Å². The quantitative estimate of drug-likeness (QED) is 0.875. The van der Waals surface area contributed by atoms with Crippen molar-refractivity contribution >= 4 is 11.6 Å². The molecule has 4 rings (SSSR count). The molecule has 2 aliphatic rings. The molecule has 5 heteroatoms. The molecular formula is C22H27N3O2. The molecule has 3 N–H and O–H groups in total. The molecule has 0 bridgehead atoms. The van der Waals surface area contributed by atoms with Crippen LogP contribution in [-0.2, 0) is 4.74 Å². The molecule has 1 saturated heterocycles. The Balaban J connectivity index is 1.64. The number of benzene rings is 2. The second-order valence-electron chi connectivity index (χ2n) is 7.34. The minimum Gasteiger partial charge on any atom is -0.378 e. The third-order valence-corrected chi connectivity index (χ3v) is 5.79. The number of nitrogens with one attached hydrogen (secondary N) is 1. The van der Waals surface area contributed by atoms with Gasteiger partial charge in [0, 0.05) is 36.3 Å². The smallest absolute Gasteiger partial charge is 0.254 e. The first-order valence-electron chi connectivity index (χ1n) is 9.77. The average molecular weight is 365 g/mol. The van der Waals surface area contributed by atoms with Crippen LogP contribution in [0.1, 0.15) is 46.9 Å². The molecule has 0 aliphatic carbocycles. The molecule has 142 valence electrons. The molecule has 2 aliphatic heterocycles. The fraction of sp³-hybridized carbons (Fsp3) is 0.409. The highest BCUT2D eigenvalue weighted by Crippen LogP contribution is 2.43. The number of hydrogen-bond acceptors (Lipinski definition) is 4. The first-order chi connectivity index (χ1) is 13.2. The van der Waals surface area contributed by atoms with E-state index < -0.39 is 0 Å². The van der Waals surface area contributed by atoms with Crippen LogP contribution in [-0.4, -0.2) is 37.1 Å². The lowest BCUT2D eigenvalue weighted by atomic mass is 9.78. The van der Waals surface area contributed by atoms with Gasteiger partial charge in [-0.25, -0.2) is 0 Å². The molecule has 1 fully saturated rings. The zero-order valence-electron chi connectivity index (χ0n) is 15.7. The molecular weight excluding hydrogens is 338 g/mol. The molecule has 1 amide bonds. The molecule has 0 saturated carbocycles. The van der Waals surface area contributed by atoms with Gasteiger partial charge >= 0.3 is 0 Å². The maximum Gasteiger partial charge on any atom is 0.254 e. The maximum absolute atomic E-state index is 12.8. The van der Waals surface area contributed by atoms with Crippen LogP contribution in [0, 0.1) is 5.92 Å². The zero-order valence-corrected chi connectivity index (χ0v) is 15.7. The molecule has 3 unspecified atom stereocenters. The first kappa shape index (κ1) is 18.0. The summed E-state index contributed by atoms with van der Waals surface area (Å²) < 4.78 is 5.35. The van der Waals surface area contributed by atoms with Crippen molar-refractivity contribution in [2.75, 3.05) is 31.6 Å². The van der Waals surface area contributed by atoms with Crippen LogP contribution in [0.4, 0.5) is 5.69 Å². The van der Waals surface area contributed by atoms with Gasteiger partial charge in [0.15, 0.2) is 0 Å². The standard InChI is InChI=1S/C22H27N3O2/c1-2-17-20(23)18-14-16(22(26)25-10-12-27-13-11-25)8-9-19(18)24-21(17)15-6-4-3-5-7-15/h3-9,14,17,20-21,24H,2,10-13,23H2,1H3. The summed E-state index contributed by atoms with van der Waals surface area (Å²) in [4.78, 5) is 14.7. The highest BCUT2D eigenvalue weighted by atomic mass is 16.5. The number of nitrogens with zero attached hydrogens (tertiary/aromatic N) is 1. The number of morpholine rings is 1. The lowest BCUT2D eigenvalue weighted by molar-refractivity contribution is 0.0303. The number of hydrogen-bond donors (Lipinski definition) is 2. The Morgan fingerprint density at radius 3 is 2.63 bits per heavy atom. The Bertz CT molecular complexity index is 802. The predicted octanol–water partition coefficient (Wildman–Crippen LogP) is 3.35. The van der Waals surface area contributed by atoms with Crippen LogP contribution >= 0.6 is 0 Å². The van der Waals surface area contributed by atoms with Gasteiger partial charge in [-0.2, -0.15) is 0 Å². The van der Waals surface area contributed by atoms with E-state index in [9.17, 15) is 4.79 Å². The van der Waals surface area contributed by atoms with E-state index in [2.05, 4.69) is 36.5 Å². The summed E-state index contributed by atoms with van der Waals surface area (Å²) in [5.41, 5.74) is 10.7. The largest absolute Gasteiger partial charge is 0.378 e. The molecule has 0 aromatic heterocycles. The van der Waals surface area contributed by atoms with Gasteiger partial charge in [-0.05, 0) is 35.7 Å². The van der Waals surface area contributed by atoms with Crippen molar-refractivity contribution in [2.45, 2.75) is 25.4 Å². The Kier molecular flexibility index (Phi) is 5.14. The average Bonchev–Trinajstić information content (AvgIpc) is 2.74. The number of ether oxygens (including phenoxy) is 1. The van der Waals surface area contributed by atoms with Crippen molar-refractivity contribution < 1.29 is 9.53 Å². The van der Waals surface area contributed by atoms with E-state index in [0.29, 0.717) is 31.9 Å². The first-order valence-corrected chi connectivity index (χ1v) is 9.77. The van der Waals surface area contributed by atoms with Crippen molar-refractivity contribution in [1.29, 1.82) is 0 Å². The second kappa shape index (κ2) is 7.71. The highest BCUT2D eigenvalue weighted by Gasteiger charge is 2.34. The summed E-state index contributed by atoms with van der Waals surface area (Å²) in [5.74, 6) is 0.333. The molecule has 2 heterocycles. The van der Waals surface area contributed by atoms with Gasteiger partial charge in [0.1, 0.15) is 0 Å². The minimum atomic E-state index is -0.103. The van der Waals surface area contributed by atoms with E-state index >= 15 is 0 Å². The summed E-state index contributed by atoms with van der Waals surface area (Å²) in [5, 5.41) is 3.67. The lowest BCUT2D eigenvalue weighted by Gasteiger charge is -2.39. The van der Waals surface area contributed by atoms with Gasteiger partial charge < -0.3 is 20.7 Å². The van der Waals surface area contributed by atoms with Crippen molar-refractivity contribution in [3.8, 4) is 0 Å². The van der Waals surface area contributed by atoms with Crippen LogP contribution < -0.4 is 11.1 Å². The van der Waals surface area contributed by atoms with Crippen LogP contribution in [0.3, 0.4) is 0 Å². The third-order valence-electron chi connectivity index (χ3n) is 5.79. The van der Waals surface area contributed by atoms with Gasteiger partial charge in [-0.15, -0.1) is 0 Å². The van der Waals surface area contributed by atoms with Crippen molar-refractivity contribution in [1.82, 2.24) is 4.90 Å². The van der Waals surface area contributed by atoms with Crippen molar-refractivity contribution in [3.63, 3.8) is 0 Å². The zero-order chi connectivity index (χ0) is 18.8. The second-order valence-corrected chi connectivity index (χ2v) is 7.34. The third kappa shape index (κ3) is 3.45. The molecule has 2 aromatic rings. The molecule has 0 radical (unpaired) electrons. The van der Waals surface area contributed by atoms with Crippen LogP contribution in [0.2, 0.25) is 0 Å².